The molecule has 2 nitrogen and oxygen atoms in total. The molecule has 0 fully saturated rings. The van der Waals surface area contributed by atoms with Crippen LogP contribution in [0, 0.1) is 6.92 Å². The van der Waals surface area contributed by atoms with Crippen LogP contribution in [0.25, 0.3) is 0 Å². The molecular weight excluding hydrogens is 248 g/mol. The quantitative estimate of drug-likeness (QED) is 0.808. The molecule has 0 aliphatic carbocycles. The van der Waals surface area contributed by atoms with E-state index in [0.717, 1.165) is 11.5 Å². The van der Waals surface area contributed by atoms with E-state index in [1.807, 2.05) is 12.1 Å². The lowest BCUT2D eigenvalue weighted by Crippen LogP contribution is -2.30. The van der Waals surface area contributed by atoms with Crippen molar-refractivity contribution >= 4 is 0 Å². The van der Waals surface area contributed by atoms with E-state index in [0.29, 0.717) is 0 Å². The standard InChI is InChI=1S/C18H20O2/c1-12-5-10-16-15(11-12)17(18(2,3)20-16)13-6-8-14(19-4)9-7-13/h5-11,17H,1-4H3. The van der Waals surface area contributed by atoms with E-state index in [1.54, 1.807) is 7.11 Å². The van der Waals surface area contributed by atoms with Gasteiger partial charge in [0.1, 0.15) is 17.1 Å². The van der Waals surface area contributed by atoms with E-state index < -0.39 is 0 Å². The van der Waals surface area contributed by atoms with Gasteiger partial charge in [0.2, 0.25) is 0 Å². The average Bonchev–Trinajstić information content (AvgIpc) is 2.68. The molecule has 0 N–H and O–H groups in total. The summed E-state index contributed by atoms with van der Waals surface area (Å²) in [7, 11) is 1.69. The minimum absolute atomic E-state index is 0.231. The first-order chi connectivity index (χ1) is 9.51. The molecule has 104 valence electrons. The summed E-state index contributed by atoms with van der Waals surface area (Å²) in [5, 5.41) is 0. The molecule has 1 unspecified atom stereocenters. The van der Waals surface area contributed by atoms with Gasteiger partial charge in [0.25, 0.3) is 0 Å². The third kappa shape index (κ3) is 2.05. The highest BCUT2D eigenvalue weighted by Crippen LogP contribution is 2.48. The summed E-state index contributed by atoms with van der Waals surface area (Å²) in [6.45, 7) is 6.42. The Labute approximate surface area is 120 Å². The van der Waals surface area contributed by atoms with E-state index in [1.165, 1.54) is 16.7 Å². The summed E-state index contributed by atoms with van der Waals surface area (Å²) in [6, 6.07) is 14.7. The Kier molecular flexibility index (Phi) is 2.97. The Hall–Kier alpha value is -1.96. The van der Waals surface area contributed by atoms with Gasteiger partial charge in [-0.25, -0.2) is 0 Å². The fraction of sp³-hybridized carbons (Fsp3) is 0.333. The first kappa shape index (κ1) is 13.0. The smallest absolute Gasteiger partial charge is 0.124 e. The zero-order valence-electron chi connectivity index (χ0n) is 12.4. The molecule has 20 heavy (non-hydrogen) atoms. The Balaban J connectivity index is 2.09. The van der Waals surface area contributed by atoms with Gasteiger partial charge >= 0.3 is 0 Å². The lowest BCUT2D eigenvalue weighted by Gasteiger charge is -2.27. The van der Waals surface area contributed by atoms with Crippen molar-refractivity contribution in [2.24, 2.45) is 0 Å². The molecule has 1 aliphatic heterocycles. The van der Waals surface area contributed by atoms with Crippen molar-refractivity contribution in [2.75, 3.05) is 7.11 Å². The van der Waals surface area contributed by atoms with Crippen molar-refractivity contribution in [3.05, 3.63) is 59.2 Å². The molecule has 0 radical (unpaired) electrons. The van der Waals surface area contributed by atoms with Crippen LogP contribution in [0.3, 0.4) is 0 Å². The van der Waals surface area contributed by atoms with Crippen molar-refractivity contribution in [3.63, 3.8) is 0 Å². The maximum Gasteiger partial charge on any atom is 0.124 e. The van der Waals surface area contributed by atoms with Crippen LogP contribution in [-0.2, 0) is 0 Å². The highest BCUT2D eigenvalue weighted by Gasteiger charge is 2.41. The summed E-state index contributed by atoms with van der Waals surface area (Å²) in [4.78, 5) is 0. The molecule has 0 amide bonds. The second kappa shape index (κ2) is 4.55. The Morgan fingerprint density at radius 3 is 2.40 bits per heavy atom. The number of rotatable bonds is 2. The Bertz CT molecular complexity index is 626. The van der Waals surface area contributed by atoms with Gasteiger partial charge < -0.3 is 9.47 Å². The normalized spacial score (nSPS) is 19.3. The number of hydrogen-bond acceptors (Lipinski definition) is 2. The van der Waals surface area contributed by atoms with Crippen LogP contribution in [0.1, 0.15) is 36.5 Å². The van der Waals surface area contributed by atoms with Crippen molar-refractivity contribution in [2.45, 2.75) is 32.3 Å². The zero-order valence-corrected chi connectivity index (χ0v) is 12.4. The number of methoxy groups -OCH3 is 1. The molecule has 3 rings (SSSR count). The van der Waals surface area contributed by atoms with E-state index in [4.69, 9.17) is 9.47 Å². The number of aryl methyl sites for hydroxylation is 1. The third-order valence-electron chi connectivity index (χ3n) is 3.99. The molecule has 2 heteroatoms. The van der Waals surface area contributed by atoms with E-state index in [2.05, 4.69) is 51.1 Å². The Morgan fingerprint density at radius 2 is 1.75 bits per heavy atom. The van der Waals surface area contributed by atoms with Gasteiger partial charge in [-0.2, -0.15) is 0 Å². The molecule has 0 saturated heterocycles. The maximum absolute atomic E-state index is 6.14. The average molecular weight is 268 g/mol. The molecule has 0 aromatic heterocycles. The summed E-state index contributed by atoms with van der Waals surface area (Å²) >= 11 is 0. The third-order valence-corrected chi connectivity index (χ3v) is 3.99. The highest BCUT2D eigenvalue weighted by molar-refractivity contribution is 5.50. The zero-order chi connectivity index (χ0) is 14.3. The molecule has 1 heterocycles. The van der Waals surface area contributed by atoms with Crippen LogP contribution >= 0.6 is 0 Å². The molecule has 0 spiro atoms. The van der Waals surface area contributed by atoms with E-state index in [9.17, 15) is 0 Å². The van der Waals surface area contributed by atoms with Gasteiger partial charge in [0.05, 0.1) is 13.0 Å². The highest BCUT2D eigenvalue weighted by atomic mass is 16.5. The van der Waals surface area contributed by atoms with Gasteiger partial charge in [-0.1, -0.05) is 29.8 Å². The van der Waals surface area contributed by atoms with Gasteiger partial charge in [-0.3, -0.25) is 0 Å². The van der Waals surface area contributed by atoms with Crippen LogP contribution < -0.4 is 9.47 Å². The fourth-order valence-electron chi connectivity index (χ4n) is 3.08. The van der Waals surface area contributed by atoms with Crippen molar-refractivity contribution in [1.29, 1.82) is 0 Å². The monoisotopic (exact) mass is 268 g/mol. The molecule has 0 saturated carbocycles. The van der Waals surface area contributed by atoms with Gasteiger partial charge in [0, 0.05) is 5.56 Å². The first-order valence-corrected chi connectivity index (χ1v) is 6.95. The minimum Gasteiger partial charge on any atom is -0.497 e. The summed E-state index contributed by atoms with van der Waals surface area (Å²) in [5.74, 6) is 2.14. The van der Waals surface area contributed by atoms with Crippen LogP contribution in [-0.4, -0.2) is 12.7 Å². The van der Waals surface area contributed by atoms with Gasteiger partial charge in [0.15, 0.2) is 0 Å². The number of hydrogen-bond donors (Lipinski definition) is 0. The lowest BCUT2D eigenvalue weighted by atomic mass is 9.81. The number of ether oxygens (including phenoxy) is 2. The predicted octanol–water partition coefficient (Wildman–Crippen LogP) is 4.31. The van der Waals surface area contributed by atoms with E-state index >= 15 is 0 Å². The van der Waals surface area contributed by atoms with E-state index in [-0.39, 0.29) is 11.5 Å². The minimum atomic E-state index is -0.231. The topological polar surface area (TPSA) is 18.5 Å². The van der Waals surface area contributed by atoms with Crippen LogP contribution in [0.15, 0.2) is 42.5 Å². The first-order valence-electron chi connectivity index (χ1n) is 6.95. The van der Waals surface area contributed by atoms with Gasteiger partial charge in [-0.05, 0) is 44.5 Å². The molecular formula is C18H20O2. The Morgan fingerprint density at radius 1 is 1.05 bits per heavy atom. The van der Waals surface area contributed by atoms with Crippen molar-refractivity contribution in [3.8, 4) is 11.5 Å². The molecule has 1 aliphatic rings. The molecule has 0 bridgehead atoms. The van der Waals surface area contributed by atoms with Crippen molar-refractivity contribution < 1.29 is 9.47 Å². The molecule has 1 atom stereocenters. The van der Waals surface area contributed by atoms with Crippen LogP contribution in [0.5, 0.6) is 11.5 Å². The molecule has 2 aromatic carbocycles. The SMILES string of the molecule is COc1ccc(C2c3cc(C)ccc3OC2(C)C)cc1. The van der Waals surface area contributed by atoms with Crippen LogP contribution in [0.4, 0.5) is 0 Å². The van der Waals surface area contributed by atoms with Crippen molar-refractivity contribution in [1.82, 2.24) is 0 Å². The summed E-state index contributed by atoms with van der Waals surface area (Å²) < 4.78 is 11.4. The summed E-state index contributed by atoms with van der Waals surface area (Å²) in [5.41, 5.74) is 3.58. The molecule has 2 aromatic rings. The second-order valence-electron chi connectivity index (χ2n) is 5.95. The fourth-order valence-corrected chi connectivity index (χ4v) is 3.08. The lowest BCUT2D eigenvalue weighted by molar-refractivity contribution is 0.122. The van der Waals surface area contributed by atoms with Gasteiger partial charge in [-0.15, -0.1) is 0 Å². The summed E-state index contributed by atoms with van der Waals surface area (Å²) in [6.07, 6.45) is 0. The maximum atomic E-state index is 6.14. The van der Waals surface area contributed by atoms with Crippen LogP contribution in [0.2, 0.25) is 0 Å². The second-order valence-corrected chi connectivity index (χ2v) is 5.95. The number of fused-ring (bicyclic) bond motifs is 1. The number of benzene rings is 2. The predicted molar refractivity (Wildman–Crippen MR) is 80.7 cm³/mol. The largest absolute Gasteiger partial charge is 0.497 e.